The Morgan fingerprint density at radius 3 is 2.86 bits per heavy atom. The monoisotopic (exact) mass is 186 g/mol. The third-order valence-corrected chi connectivity index (χ3v) is 2.02. The van der Waals surface area contributed by atoms with Gasteiger partial charge < -0.3 is 4.42 Å². The lowest BCUT2D eigenvalue weighted by molar-refractivity contribution is 0.509. The Kier molecular flexibility index (Phi) is 2.19. The average Bonchev–Trinajstić information content (AvgIpc) is 2.18. The van der Waals surface area contributed by atoms with E-state index >= 15 is 0 Å². The first-order chi connectivity index (χ1) is 6.81. The number of hydrogen-bond acceptors (Lipinski definition) is 2. The molecule has 0 aliphatic rings. The maximum Gasteiger partial charge on any atom is 0.344 e. The Bertz CT molecular complexity index is 535. The Balaban J connectivity index is 2.79. The summed E-state index contributed by atoms with van der Waals surface area (Å²) in [5, 5.41) is 1.54. The molecule has 70 valence electrons. The summed E-state index contributed by atoms with van der Waals surface area (Å²) in [6.07, 6.45) is 3.61. The Morgan fingerprint density at radius 1 is 1.29 bits per heavy atom. The molecule has 0 N–H and O–H groups in total. The van der Waals surface area contributed by atoms with Crippen LogP contribution in [0.2, 0.25) is 0 Å². The van der Waals surface area contributed by atoms with Crippen LogP contribution >= 0.6 is 0 Å². The fourth-order valence-electron chi connectivity index (χ4n) is 1.40. The molecule has 0 saturated carbocycles. The molecule has 1 aromatic heterocycles. The van der Waals surface area contributed by atoms with Gasteiger partial charge in [-0.1, -0.05) is 24.3 Å². The molecular weight excluding hydrogens is 176 g/mol. The number of rotatable bonds is 1. The van der Waals surface area contributed by atoms with Crippen molar-refractivity contribution in [3.05, 3.63) is 52.6 Å². The normalized spacial score (nSPS) is 11.2. The molecule has 2 heteroatoms. The van der Waals surface area contributed by atoms with Crippen LogP contribution in [0.3, 0.4) is 0 Å². The van der Waals surface area contributed by atoms with Crippen LogP contribution in [-0.2, 0) is 0 Å². The van der Waals surface area contributed by atoms with Crippen LogP contribution in [0, 0.1) is 0 Å². The predicted molar refractivity (Wildman–Crippen MR) is 57.2 cm³/mol. The van der Waals surface area contributed by atoms with Crippen LogP contribution in [0.25, 0.3) is 16.8 Å². The van der Waals surface area contributed by atoms with Gasteiger partial charge in [0.1, 0.15) is 5.76 Å². The van der Waals surface area contributed by atoms with Crippen molar-refractivity contribution in [1.29, 1.82) is 0 Å². The van der Waals surface area contributed by atoms with E-state index in [-0.39, 0.29) is 5.63 Å². The highest BCUT2D eigenvalue weighted by atomic mass is 16.4. The topological polar surface area (TPSA) is 30.2 Å². The van der Waals surface area contributed by atoms with E-state index in [9.17, 15) is 4.79 Å². The summed E-state index contributed by atoms with van der Waals surface area (Å²) in [6, 6.07) is 9.26. The molecule has 0 spiro atoms. The second-order valence-corrected chi connectivity index (χ2v) is 3.02. The fourth-order valence-corrected chi connectivity index (χ4v) is 1.40. The smallest absolute Gasteiger partial charge is 0.344 e. The standard InChI is InChI=1S/C12H10O2/c1-2-5-10-8-9-6-3-4-7-11(9)12(13)14-10/h2-8H,1H3/b5-2+. The molecule has 2 aromatic rings. The summed E-state index contributed by atoms with van der Waals surface area (Å²) < 4.78 is 5.09. The number of benzene rings is 1. The summed E-state index contributed by atoms with van der Waals surface area (Å²) in [5.74, 6) is 0.594. The van der Waals surface area contributed by atoms with Gasteiger partial charge in [-0.3, -0.25) is 0 Å². The molecule has 0 radical (unpaired) electrons. The zero-order valence-corrected chi connectivity index (χ0v) is 7.86. The van der Waals surface area contributed by atoms with Gasteiger partial charge in [-0.2, -0.15) is 0 Å². The van der Waals surface area contributed by atoms with Crippen molar-refractivity contribution in [1.82, 2.24) is 0 Å². The molecule has 14 heavy (non-hydrogen) atoms. The lowest BCUT2D eigenvalue weighted by Gasteiger charge is -1.96. The van der Waals surface area contributed by atoms with Crippen molar-refractivity contribution in [3.63, 3.8) is 0 Å². The van der Waals surface area contributed by atoms with Crippen LogP contribution < -0.4 is 5.63 Å². The van der Waals surface area contributed by atoms with Gasteiger partial charge in [0.05, 0.1) is 5.39 Å². The minimum absolute atomic E-state index is 0.281. The average molecular weight is 186 g/mol. The summed E-state index contributed by atoms with van der Waals surface area (Å²) in [7, 11) is 0. The van der Waals surface area contributed by atoms with Gasteiger partial charge in [-0.25, -0.2) is 4.79 Å². The molecule has 0 atom stereocenters. The molecule has 0 saturated heterocycles. The molecule has 0 aliphatic heterocycles. The Labute approximate surface area is 81.5 Å². The molecule has 2 nitrogen and oxygen atoms in total. The minimum Gasteiger partial charge on any atom is -0.423 e. The number of hydrogen-bond donors (Lipinski definition) is 0. The van der Waals surface area contributed by atoms with Gasteiger partial charge in [-0.05, 0) is 30.5 Å². The Hall–Kier alpha value is -1.83. The number of fused-ring (bicyclic) bond motifs is 1. The fraction of sp³-hybridized carbons (Fsp3) is 0.0833. The highest BCUT2D eigenvalue weighted by Crippen LogP contribution is 2.12. The quantitative estimate of drug-likeness (QED) is 0.685. The van der Waals surface area contributed by atoms with Crippen LogP contribution in [0.4, 0.5) is 0 Å². The first-order valence-electron chi connectivity index (χ1n) is 4.47. The van der Waals surface area contributed by atoms with E-state index in [1.165, 1.54) is 0 Å². The van der Waals surface area contributed by atoms with E-state index in [4.69, 9.17) is 4.42 Å². The lowest BCUT2D eigenvalue weighted by atomic mass is 10.1. The van der Waals surface area contributed by atoms with Crippen molar-refractivity contribution < 1.29 is 4.42 Å². The summed E-state index contributed by atoms with van der Waals surface area (Å²) in [6.45, 7) is 1.88. The summed E-state index contributed by atoms with van der Waals surface area (Å²) >= 11 is 0. The zero-order valence-electron chi connectivity index (χ0n) is 7.86. The third kappa shape index (κ3) is 1.46. The van der Waals surface area contributed by atoms with Crippen molar-refractivity contribution in [3.8, 4) is 0 Å². The first-order valence-corrected chi connectivity index (χ1v) is 4.47. The van der Waals surface area contributed by atoms with E-state index in [1.54, 1.807) is 12.1 Å². The highest BCUT2D eigenvalue weighted by Gasteiger charge is 2.00. The molecule has 0 aliphatic carbocycles. The first kappa shape index (κ1) is 8.75. The summed E-state index contributed by atoms with van der Waals surface area (Å²) in [4.78, 5) is 11.5. The second kappa shape index (κ2) is 3.50. The van der Waals surface area contributed by atoms with Gasteiger partial charge in [-0.15, -0.1) is 0 Å². The lowest BCUT2D eigenvalue weighted by Crippen LogP contribution is -1.99. The minimum atomic E-state index is -0.281. The van der Waals surface area contributed by atoms with Crippen LogP contribution in [0.5, 0.6) is 0 Å². The molecule has 0 unspecified atom stereocenters. The van der Waals surface area contributed by atoms with Crippen LogP contribution in [0.1, 0.15) is 12.7 Å². The largest absolute Gasteiger partial charge is 0.423 e. The third-order valence-electron chi connectivity index (χ3n) is 2.02. The molecule has 0 amide bonds. The molecule has 1 aromatic carbocycles. The van der Waals surface area contributed by atoms with Crippen molar-refractivity contribution in [2.45, 2.75) is 6.92 Å². The Morgan fingerprint density at radius 2 is 2.07 bits per heavy atom. The van der Waals surface area contributed by atoms with E-state index in [1.807, 2.05) is 37.3 Å². The van der Waals surface area contributed by atoms with Gasteiger partial charge in [0, 0.05) is 0 Å². The van der Waals surface area contributed by atoms with Gasteiger partial charge in [0.25, 0.3) is 0 Å². The molecule has 2 rings (SSSR count). The van der Waals surface area contributed by atoms with E-state index in [0.29, 0.717) is 11.1 Å². The highest BCUT2D eigenvalue weighted by molar-refractivity contribution is 5.82. The molecule has 1 heterocycles. The molecule has 0 bridgehead atoms. The zero-order chi connectivity index (χ0) is 9.97. The van der Waals surface area contributed by atoms with Gasteiger partial charge >= 0.3 is 5.63 Å². The summed E-state index contributed by atoms with van der Waals surface area (Å²) in [5.41, 5.74) is -0.281. The van der Waals surface area contributed by atoms with Crippen molar-refractivity contribution in [2.24, 2.45) is 0 Å². The van der Waals surface area contributed by atoms with E-state index in [2.05, 4.69) is 0 Å². The van der Waals surface area contributed by atoms with Crippen molar-refractivity contribution >= 4 is 16.8 Å². The predicted octanol–water partition coefficient (Wildman–Crippen LogP) is 2.83. The van der Waals surface area contributed by atoms with Crippen LogP contribution in [-0.4, -0.2) is 0 Å². The van der Waals surface area contributed by atoms with Crippen LogP contribution in [0.15, 0.2) is 45.6 Å². The van der Waals surface area contributed by atoms with E-state index in [0.717, 1.165) is 5.39 Å². The maximum absolute atomic E-state index is 11.5. The van der Waals surface area contributed by atoms with Gasteiger partial charge in [0.2, 0.25) is 0 Å². The molecule has 0 fully saturated rings. The second-order valence-electron chi connectivity index (χ2n) is 3.02. The van der Waals surface area contributed by atoms with Crippen molar-refractivity contribution in [2.75, 3.05) is 0 Å². The van der Waals surface area contributed by atoms with E-state index < -0.39 is 0 Å². The van der Waals surface area contributed by atoms with Gasteiger partial charge in [0.15, 0.2) is 0 Å². The SMILES string of the molecule is C/C=C/c1cc2ccccc2c(=O)o1. The maximum atomic E-state index is 11.5. The molecular formula is C12H10O2. The number of allylic oxidation sites excluding steroid dienone is 1.